The maximum absolute atomic E-state index is 10.7. The van der Waals surface area contributed by atoms with Crippen LogP contribution in [0.3, 0.4) is 0 Å². The van der Waals surface area contributed by atoms with Gasteiger partial charge in [0.25, 0.3) is 10.1 Å². The van der Waals surface area contributed by atoms with Crippen LogP contribution < -0.4 is 29.6 Å². The Balaban J connectivity index is 0.000000240. The van der Waals surface area contributed by atoms with Crippen LogP contribution in [0.2, 0.25) is 0 Å². The number of benzene rings is 3. The van der Waals surface area contributed by atoms with Crippen LogP contribution in [-0.2, 0) is 10.1 Å². The van der Waals surface area contributed by atoms with Crippen molar-refractivity contribution in [3.63, 3.8) is 0 Å². The van der Waals surface area contributed by atoms with Crippen molar-refractivity contribution in [2.24, 2.45) is 0 Å². The average molecular weight is 360 g/mol. The Morgan fingerprint density at radius 3 is 1.48 bits per heavy atom. The monoisotopic (exact) mass is 360 g/mol. The van der Waals surface area contributed by atoms with Gasteiger partial charge < -0.3 is 0 Å². The van der Waals surface area contributed by atoms with Gasteiger partial charge in [-0.1, -0.05) is 78.9 Å². The fraction of sp³-hybridized carbons (Fsp3) is 0. The molecule has 0 aliphatic heterocycles. The molecule has 0 fully saturated rings. The Kier molecular flexibility index (Phi) is 8.83. The maximum atomic E-state index is 10.7. The molecule has 3 rings (SSSR count). The maximum Gasteiger partial charge on any atom is 1.00 e. The van der Waals surface area contributed by atoms with Crippen molar-refractivity contribution in [2.75, 3.05) is 0 Å². The molecular weight excluding hydrogens is 343 g/mol. The van der Waals surface area contributed by atoms with Crippen LogP contribution in [0.5, 0.6) is 0 Å². The SMILES string of the molecule is [CH-]=Cc1ccccc1S(=O)(=O)O.[Na+].c1ccc(-c2ccccc2)cc1. The van der Waals surface area contributed by atoms with Gasteiger partial charge in [0, 0.05) is 4.90 Å². The third kappa shape index (κ3) is 6.61. The molecule has 0 unspecified atom stereocenters. The standard InChI is InChI=1S/C12H10.C8H7O3S.Na/c1-3-7-11(8-4-1)12-9-5-2-6-10-12;1-2-7-5-3-4-6-8(7)12(9,10)11;/h1-10H;1-6H,(H,9,10,11);/q;-1;+1. The van der Waals surface area contributed by atoms with Crippen molar-refractivity contribution >= 4 is 16.2 Å². The zero-order valence-electron chi connectivity index (χ0n) is 13.9. The Morgan fingerprint density at radius 1 is 0.720 bits per heavy atom. The van der Waals surface area contributed by atoms with E-state index in [4.69, 9.17) is 11.1 Å². The molecule has 3 aromatic carbocycles. The second-order valence-electron chi connectivity index (χ2n) is 4.91. The van der Waals surface area contributed by atoms with E-state index in [-0.39, 0.29) is 34.5 Å². The van der Waals surface area contributed by atoms with E-state index in [1.165, 1.54) is 29.3 Å². The van der Waals surface area contributed by atoms with Crippen LogP contribution in [0.1, 0.15) is 5.56 Å². The van der Waals surface area contributed by atoms with E-state index in [1.807, 2.05) is 12.1 Å². The summed E-state index contributed by atoms with van der Waals surface area (Å²) in [7, 11) is -4.16. The molecule has 0 spiro atoms. The van der Waals surface area contributed by atoms with Gasteiger partial charge in [-0.25, -0.2) is 6.08 Å². The molecular formula is C20H17NaO3S. The van der Waals surface area contributed by atoms with Crippen molar-refractivity contribution in [1.82, 2.24) is 0 Å². The summed E-state index contributed by atoms with van der Waals surface area (Å²) in [4.78, 5) is -0.174. The van der Waals surface area contributed by atoms with E-state index >= 15 is 0 Å². The van der Waals surface area contributed by atoms with Gasteiger partial charge in [-0.05, 0) is 11.1 Å². The molecule has 0 aliphatic carbocycles. The molecule has 122 valence electrons. The van der Waals surface area contributed by atoms with Gasteiger partial charge in [-0.15, -0.1) is 6.07 Å². The minimum absolute atomic E-state index is 0. The van der Waals surface area contributed by atoms with Gasteiger partial charge in [0.15, 0.2) is 0 Å². The summed E-state index contributed by atoms with van der Waals surface area (Å²) >= 11 is 0. The second kappa shape index (κ2) is 10.3. The van der Waals surface area contributed by atoms with E-state index in [0.717, 1.165) is 6.08 Å². The first kappa shape index (κ1) is 21.4. The molecule has 0 heterocycles. The molecule has 25 heavy (non-hydrogen) atoms. The molecule has 3 nitrogen and oxygen atoms in total. The predicted octanol–water partition coefficient (Wildman–Crippen LogP) is 1.74. The molecule has 0 aliphatic rings. The van der Waals surface area contributed by atoms with Gasteiger partial charge >= 0.3 is 29.6 Å². The van der Waals surface area contributed by atoms with E-state index < -0.39 is 10.1 Å². The van der Waals surface area contributed by atoms with E-state index in [1.54, 1.807) is 6.07 Å². The van der Waals surface area contributed by atoms with Gasteiger partial charge in [0.1, 0.15) is 0 Å². The first-order valence-electron chi connectivity index (χ1n) is 7.24. The summed E-state index contributed by atoms with van der Waals surface area (Å²) in [5.74, 6) is 0. The third-order valence-corrected chi connectivity index (χ3v) is 4.18. The summed E-state index contributed by atoms with van der Waals surface area (Å²) in [6.45, 7) is 5.15. The second-order valence-corrected chi connectivity index (χ2v) is 6.30. The van der Waals surface area contributed by atoms with Gasteiger partial charge in [-0.2, -0.15) is 14.0 Å². The molecule has 0 radical (unpaired) electrons. The summed E-state index contributed by atoms with van der Waals surface area (Å²) in [5, 5.41) is 0. The molecule has 0 atom stereocenters. The number of hydrogen-bond acceptors (Lipinski definition) is 2. The summed E-state index contributed by atoms with van der Waals surface area (Å²) in [6.07, 6.45) is 1.13. The quantitative estimate of drug-likeness (QED) is 0.440. The average Bonchev–Trinajstić information content (AvgIpc) is 2.63. The predicted molar refractivity (Wildman–Crippen MR) is 96.9 cm³/mol. The minimum Gasteiger partial charge on any atom is -0.292 e. The van der Waals surface area contributed by atoms with Crippen LogP contribution in [0.15, 0.2) is 89.8 Å². The summed E-state index contributed by atoms with van der Waals surface area (Å²) in [6, 6.07) is 26.7. The zero-order valence-corrected chi connectivity index (χ0v) is 16.7. The Hall–Kier alpha value is -1.69. The Morgan fingerprint density at radius 2 is 1.12 bits per heavy atom. The number of hydrogen-bond donors (Lipinski definition) is 1. The Labute approximate surface area is 171 Å². The first-order valence-corrected chi connectivity index (χ1v) is 8.68. The van der Waals surface area contributed by atoms with Crippen molar-refractivity contribution in [3.05, 3.63) is 97.1 Å². The third-order valence-electron chi connectivity index (χ3n) is 3.26. The van der Waals surface area contributed by atoms with Crippen LogP contribution in [0, 0.1) is 6.58 Å². The molecule has 0 saturated carbocycles. The molecule has 3 aromatic rings. The fourth-order valence-electron chi connectivity index (χ4n) is 2.11. The topological polar surface area (TPSA) is 54.4 Å². The summed E-state index contributed by atoms with van der Waals surface area (Å²) in [5.41, 5.74) is 2.84. The van der Waals surface area contributed by atoms with E-state index in [0.29, 0.717) is 5.56 Å². The van der Waals surface area contributed by atoms with Crippen molar-refractivity contribution in [1.29, 1.82) is 0 Å². The smallest absolute Gasteiger partial charge is 0.292 e. The van der Waals surface area contributed by atoms with E-state index in [9.17, 15) is 8.42 Å². The molecule has 0 saturated heterocycles. The van der Waals surface area contributed by atoms with Crippen molar-refractivity contribution < 1.29 is 42.5 Å². The van der Waals surface area contributed by atoms with Crippen LogP contribution in [0.4, 0.5) is 0 Å². The minimum atomic E-state index is -4.16. The normalized spacial score (nSPS) is 9.96. The van der Waals surface area contributed by atoms with Crippen LogP contribution in [0.25, 0.3) is 17.2 Å². The van der Waals surface area contributed by atoms with Crippen molar-refractivity contribution in [3.8, 4) is 11.1 Å². The van der Waals surface area contributed by atoms with Gasteiger partial charge in [0.2, 0.25) is 0 Å². The molecule has 5 heteroatoms. The largest absolute Gasteiger partial charge is 1.00 e. The van der Waals surface area contributed by atoms with Gasteiger partial charge in [-0.3, -0.25) is 11.1 Å². The Bertz CT molecular complexity index is 855. The van der Waals surface area contributed by atoms with Crippen LogP contribution >= 0.6 is 0 Å². The fourth-order valence-corrected chi connectivity index (χ4v) is 2.80. The number of rotatable bonds is 3. The molecule has 0 amide bonds. The van der Waals surface area contributed by atoms with E-state index in [2.05, 4.69) is 48.5 Å². The molecule has 0 bridgehead atoms. The first-order chi connectivity index (χ1) is 11.5. The van der Waals surface area contributed by atoms with Gasteiger partial charge in [0.05, 0.1) is 0 Å². The molecule has 1 N–H and O–H groups in total. The molecule has 0 aromatic heterocycles. The van der Waals surface area contributed by atoms with Crippen LogP contribution in [-0.4, -0.2) is 13.0 Å². The zero-order chi connectivity index (χ0) is 17.4. The summed E-state index contributed by atoms with van der Waals surface area (Å²) < 4.78 is 30.1. The van der Waals surface area contributed by atoms with Crippen molar-refractivity contribution in [2.45, 2.75) is 4.90 Å².